The summed E-state index contributed by atoms with van der Waals surface area (Å²) < 4.78 is 0. The molecule has 0 spiro atoms. The van der Waals surface area contributed by atoms with Gasteiger partial charge in [-0.15, -0.1) is 24.8 Å². The van der Waals surface area contributed by atoms with Crippen molar-refractivity contribution in [3.63, 3.8) is 0 Å². The van der Waals surface area contributed by atoms with Crippen LogP contribution in [0, 0.1) is 0 Å². The lowest BCUT2D eigenvalue weighted by atomic mass is 10.1. The van der Waals surface area contributed by atoms with Crippen molar-refractivity contribution in [2.45, 2.75) is 39.7 Å². The largest absolute Gasteiger partial charge is 0.317 e. The minimum absolute atomic E-state index is 0. The van der Waals surface area contributed by atoms with Crippen molar-refractivity contribution in [1.82, 2.24) is 5.32 Å². The fourth-order valence-electron chi connectivity index (χ4n) is 0.766. The fraction of sp³-hybridized carbons (Fsp3) is 0.778. The van der Waals surface area contributed by atoms with Crippen LogP contribution in [0.5, 0.6) is 0 Å². The van der Waals surface area contributed by atoms with Crippen LogP contribution in [0.2, 0.25) is 0 Å². The van der Waals surface area contributed by atoms with E-state index in [1.807, 2.05) is 7.05 Å². The van der Waals surface area contributed by atoms with Crippen molar-refractivity contribution in [1.29, 1.82) is 0 Å². The first-order chi connectivity index (χ1) is 4.66. The van der Waals surface area contributed by atoms with E-state index in [2.05, 4.69) is 32.2 Å². The highest BCUT2D eigenvalue weighted by Crippen LogP contribution is 1.99. The van der Waals surface area contributed by atoms with E-state index in [9.17, 15) is 0 Å². The maximum absolute atomic E-state index is 3.21. The summed E-state index contributed by atoms with van der Waals surface area (Å²) in [4.78, 5) is 0. The molecule has 0 rings (SSSR count). The van der Waals surface area contributed by atoms with Crippen molar-refractivity contribution in [3.8, 4) is 0 Å². The van der Waals surface area contributed by atoms with Gasteiger partial charge in [-0.05, 0) is 40.7 Å². The van der Waals surface area contributed by atoms with E-state index < -0.39 is 0 Å². The molecule has 0 bridgehead atoms. The summed E-state index contributed by atoms with van der Waals surface area (Å²) in [6.45, 7) is 6.49. The zero-order valence-electron chi connectivity index (χ0n) is 8.39. The number of nitrogens with one attached hydrogen (secondary N) is 1. The highest BCUT2D eigenvalue weighted by molar-refractivity contribution is 5.85. The first-order valence-electron chi connectivity index (χ1n) is 3.97. The lowest BCUT2D eigenvalue weighted by molar-refractivity contribution is 0.570. The van der Waals surface area contributed by atoms with E-state index in [4.69, 9.17) is 0 Å². The fourth-order valence-corrected chi connectivity index (χ4v) is 0.766. The Morgan fingerprint density at radius 3 is 2.17 bits per heavy atom. The van der Waals surface area contributed by atoms with Gasteiger partial charge in [0.1, 0.15) is 0 Å². The van der Waals surface area contributed by atoms with Crippen LogP contribution in [0.25, 0.3) is 0 Å². The van der Waals surface area contributed by atoms with Crippen molar-refractivity contribution < 1.29 is 0 Å². The molecule has 12 heavy (non-hydrogen) atoms. The Labute approximate surface area is 88.8 Å². The Morgan fingerprint density at radius 2 is 1.83 bits per heavy atom. The van der Waals surface area contributed by atoms with Gasteiger partial charge >= 0.3 is 0 Å². The van der Waals surface area contributed by atoms with E-state index >= 15 is 0 Å². The highest BCUT2D eigenvalue weighted by Gasteiger charge is 1.93. The van der Waals surface area contributed by atoms with Gasteiger partial charge in [-0.25, -0.2) is 0 Å². The van der Waals surface area contributed by atoms with Gasteiger partial charge in [0.15, 0.2) is 0 Å². The molecule has 0 aromatic carbocycles. The van der Waals surface area contributed by atoms with E-state index in [0.717, 1.165) is 0 Å². The Hall–Kier alpha value is 0.280. The Balaban J connectivity index is -0.000000405. The zero-order valence-corrected chi connectivity index (χ0v) is 10.0. The lowest BCUT2D eigenvalue weighted by Crippen LogP contribution is -2.20. The molecule has 0 amide bonds. The van der Waals surface area contributed by atoms with Crippen LogP contribution >= 0.6 is 24.8 Å². The molecular formula is C9H21Cl2N. The van der Waals surface area contributed by atoms with Gasteiger partial charge in [-0.3, -0.25) is 0 Å². The molecule has 0 aliphatic rings. The summed E-state index contributed by atoms with van der Waals surface area (Å²) in [6.07, 6.45) is 4.72. The van der Waals surface area contributed by atoms with E-state index in [1.54, 1.807) is 0 Å². The molecule has 0 aromatic rings. The summed E-state index contributed by atoms with van der Waals surface area (Å²) in [7, 11) is 2.01. The van der Waals surface area contributed by atoms with Crippen LogP contribution in [0.3, 0.4) is 0 Å². The molecule has 0 aromatic heterocycles. The smallest absolute Gasteiger partial charge is 0.00386 e. The molecule has 1 N–H and O–H groups in total. The van der Waals surface area contributed by atoms with Crippen LogP contribution in [0.1, 0.15) is 33.6 Å². The minimum atomic E-state index is 0. The first kappa shape index (κ1) is 18.1. The zero-order chi connectivity index (χ0) is 7.98. The maximum Gasteiger partial charge on any atom is 0.00386 e. The first-order valence-corrected chi connectivity index (χ1v) is 3.97. The topological polar surface area (TPSA) is 12.0 Å². The summed E-state index contributed by atoms with van der Waals surface area (Å²) >= 11 is 0. The molecule has 1 atom stereocenters. The van der Waals surface area contributed by atoms with Gasteiger partial charge in [-0.2, -0.15) is 0 Å². The SMILES string of the molecule is CNC(C)CCC=C(C)C.Cl.Cl. The second-order valence-electron chi connectivity index (χ2n) is 3.05. The molecule has 1 nitrogen and oxygen atoms in total. The molecule has 3 heteroatoms. The molecule has 0 saturated heterocycles. The normalized spacial score (nSPS) is 10.7. The van der Waals surface area contributed by atoms with Gasteiger partial charge in [0.2, 0.25) is 0 Å². The van der Waals surface area contributed by atoms with Crippen LogP contribution < -0.4 is 5.32 Å². The summed E-state index contributed by atoms with van der Waals surface area (Å²) in [5.41, 5.74) is 1.42. The molecule has 1 unspecified atom stereocenters. The molecule has 76 valence electrons. The molecule has 0 heterocycles. The highest BCUT2D eigenvalue weighted by atomic mass is 35.5. The van der Waals surface area contributed by atoms with Crippen LogP contribution in [0.15, 0.2) is 11.6 Å². The number of rotatable bonds is 4. The van der Waals surface area contributed by atoms with Gasteiger partial charge in [0.25, 0.3) is 0 Å². The second-order valence-corrected chi connectivity index (χ2v) is 3.05. The Morgan fingerprint density at radius 1 is 1.33 bits per heavy atom. The van der Waals surface area contributed by atoms with Crippen molar-refractivity contribution in [2.75, 3.05) is 7.05 Å². The molecule has 0 radical (unpaired) electrons. The van der Waals surface area contributed by atoms with Gasteiger partial charge in [-0.1, -0.05) is 11.6 Å². The summed E-state index contributed by atoms with van der Waals surface area (Å²) in [5.74, 6) is 0. The average molecular weight is 214 g/mol. The monoisotopic (exact) mass is 213 g/mol. The van der Waals surface area contributed by atoms with Crippen LogP contribution in [0.4, 0.5) is 0 Å². The quantitative estimate of drug-likeness (QED) is 0.708. The predicted molar refractivity (Wildman–Crippen MR) is 61.7 cm³/mol. The van der Waals surface area contributed by atoms with Crippen LogP contribution in [-0.4, -0.2) is 13.1 Å². The minimum Gasteiger partial charge on any atom is -0.317 e. The van der Waals surface area contributed by atoms with Crippen molar-refractivity contribution >= 4 is 24.8 Å². The second kappa shape index (κ2) is 11.3. The third-order valence-corrected chi connectivity index (χ3v) is 1.65. The number of hydrogen-bond acceptors (Lipinski definition) is 1. The van der Waals surface area contributed by atoms with Gasteiger partial charge in [0, 0.05) is 6.04 Å². The summed E-state index contributed by atoms with van der Waals surface area (Å²) in [5, 5.41) is 3.21. The van der Waals surface area contributed by atoms with Crippen molar-refractivity contribution in [2.24, 2.45) is 0 Å². The van der Waals surface area contributed by atoms with Crippen molar-refractivity contribution in [3.05, 3.63) is 11.6 Å². The molecule has 0 aliphatic heterocycles. The van der Waals surface area contributed by atoms with Gasteiger partial charge < -0.3 is 5.32 Å². The Kier molecular flexibility index (Phi) is 17.1. The molecule has 0 fully saturated rings. The molecule has 0 saturated carbocycles. The van der Waals surface area contributed by atoms with Gasteiger partial charge in [0.05, 0.1) is 0 Å². The van der Waals surface area contributed by atoms with E-state index in [0.29, 0.717) is 6.04 Å². The number of halogens is 2. The Bertz CT molecular complexity index is 109. The maximum atomic E-state index is 3.21. The standard InChI is InChI=1S/C9H19N.2ClH/c1-8(2)6-5-7-9(3)10-4;;/h6,9-10H,5,7H2,1-4H3;2*1H. The lowest BCUT2D eigenvalue weighted by Gasteiger charge is -2.06. The number of hydrogen-bond donors (Lipinski definition) is 1. The van der Waals surface area contributed by atoms with Crippen LogP contribution in [-0.2, 0) is 0 Å². The molecule has 0 aliphatic carbocycles. The van der Waals surface area contributed by atoms with E-state index in [-0.39, 0.29) is 24.8 Å². The third-order valence-electron chi connectivity index (χ3n) is 1.65. The molecular weight excluding hydrogens is 193 g/mol. The average Bonchev–Trinajstić information content (AvgIpc) is 1.87. The number of allylic oxidation sites excluding steroid dienone is 2. The van der Waals surface area contributed by atoms with E-state index in [1.165, 1.54) is 18.4 Å². The predicted octanol–water partition coefficient (Wildman–Crippen LogP) is 3.18. The third kappa shape index (κ3) is 12.9. The summed E-state index contributed by atoms with van der Waals surface area (Å²) in [6, 6.07) is 0.649.